The molecule has 0 atom stereocenters. The van der Waals surface area contributed by atoms with Crippen LogP contribution in [-0.4, -0.2) is 28.4 Å². The van der Waals surface area contributed by atoms with E-state index in [0.29, 0.717) is 29.8 Å². The molecule has 1 aromatic heterocycles. The number of carbonyl (C=O) groups is 1. The number of allylic oxidation sites excluding steroid dienone is 1. The molecule has 1 saturated carbocycles. The van der Waals surface area contributed by atoms with Gasteiger partial charge in [-0.3, -0.25) is 14.7 Å². The van der Waals surface area contributed by atoms with Gasteiger partial charge in [-0.1, -0.05) is 25.3 Å². The Hall–Kier alpha value is -2.66. The molecule has 3 aliphatic rings. The molecular weight excluding hydrogens is 340 g/mol. The van der Waals surface area contributed by atoms with Gasteiger partial charge in [-0.25, -0.2) is 0 Å². The molecule has 1 aliphatic carbocycles. The van der Waals surface area contributed by atoms with E-state index in [-0.39, 0.29) is 5.78 Å². The maximum absolute atomic E-state index is 12.8. The van der Waals surface area contributed by atoms with Crippen molar-refractivity contribution in [1.29, 1.82) is 0 Å². The van der Waals surface area contributed by atoms with Gasteiger partial charge in [0.2, 0.25) is 5.78 Å². The number of Topliss-reactive ketones (excluding diaryl/α,β-unsaturated/α-hetero) is 1. The van der Waals surface area contributed by atoms with Gasteiger partial charge in [-0.15, -0.1) is 0 Å². The maximum Gasteiger partial charge on any atom is 0.231 e. The Balaban J connectivity index is 1.45. The summed E-state index contributed by atoms with van der Waals surface area (Å²) in [5.41, 5.74) is 2.47. The molecule has 1 aromatic carbocycles. The first-order valence-corrected chi connectivity index (χ1v) is 9.66. The molecule has 0 spiro atoms. The number of nitrogens with zero attached hydrogens (tertiary/aromatic N) is 2. The number of hydrogen-bond donors (Lipinski definition) is 0. The van der Waals surface area contributed by atoms with Crippen molar-refractivity contribution in [2.45, 2.75) is 44.7 Å². The molecule has 0 unspecified atom stereocenters. The average molecular weight is 362 g/mol. The van der Waals surface area contributed by atoms with E-state index < -0.39 is 0 Å². The number of benzene rings is 1. The van der Waals surface area contributed by atoms with E-state index in [1.165, 1.54) is 32.1 Å². The topological polar surface area (TPSA) is 51.7 Å². The molecular formula is C22H22N2O3. The second kappa shape index (κ2) is 6.82. The Morgan fingerprint density at radius 1 is 1.15 bits per heavy atom. The highest BCUT2D eigenvalue weighted by atomic mass is 16.5. The van der Waals surface area contributed by atoms with Crippen molar-refractivity contribution >= 4 is 11.9 Å². The van der Waals surface area contributed by atoms with Gasteiger partial charge < -0.3 is 9.47 Å². The fraction of sp³-hybridized carbons (Fsp3) is 0.364. The lowest BCUT2D eigenvalue weighted by Crippen LogP contribution is -2.41. The van der Waals surface area contributed by atoms with Gasteiger partial charge in [0.05, 0.1) is 11.1 Å². The third-order valence-corrected chi connectivity index (χ3v) is 5.72. The first kappa shape index (κ1) is 16.5. The van der Waals surface area contributed by atoms with Gasteiger partial charge in [0.15, 0.2) is 5.76 Å². The largest absolute Gasteiger partial charge is 0.478 e. The van der Waals surface area contributed by atoms with Gasteiger partial charge in [-0.05, 0) is 42.7 Å². The second-order valence-corrected chi connectivity index (χ2v) is 7.46. The number of aromatic nitrogens is 1. The zero-order valence-electron chi connectivity index (χ0n) is 15.2. The van der Waals surface area contributed by atoms with Gasteiger partial charge in [0, 0.05) is 25.0 Å². The molecule has 0 saturated heterocycles. The van der Waals surface area contributed by atoms with Crippen molar-refractivity contribution in [3.8, 4) is 11.5 Å². The van der Waals surface area contributed by atoms with Crippen LogP contribution in [0, 0.1) is 0 Å². The molecule has 0 amide bonds. The molecule has 138 valence electrons. The molecule has 27 heavy (non-hydrogen) atoms. The van der Waals surface area contributed by atoms with Crippen molar-refractivity contribution in [2.24, 2.45) is 0 Å². The maximum atomic E-state index is 12.8. The van der Waals surface area contributed by atoms with E-state index in [1.807, 2.05) is 24.3 Å². The highest BCUT2D eigenvalue weighted by molar-refractivity contribution is 6.15. The van der Waals surface area contributed by atoms with E-state index in [0.717, 1.165) is 23.4 Å². The lowest BCUT2D eigenvalue weighted by Gasteiger charge is -2.37. The van der Waals surface area contributed by atoms with Crippen LogP contribution < -0.4 is 9.47 Å². The lowest BCUT2D eigenvalue weighted by molar-refractivity contribution is 0.0394. The van der Waals surface area contributed by atoms with Crippen molar-refractivity contribution in [2.75, 3.05) is 6.73 Å². The highest BCUT2D eigenvalue weighted by Gasteiger charge is 2.35. The Morgan fingerprint density at radius 3 is 2.85 bits per heavy atom. The number of ether oxygens (including phenoxy) is 2. The number of fused-ring (bicyclic) bond motifs is 3. The van der Waals surface area contributed by atoms with Crippen molar-refractivity contribution in [3.63, 3.8) is 0 Å². The Bertz CT molecular complexity index is 901. The lowest BCUT2D eigenvalue weighted by atomic mass is 9.93. The first-order chi connectivity index (χ1) is 13.3. The summed E-state index contributed by atoms with van der Waals surface area (Å²) in [6.45, 7) is 1.39. The van der Waals surface area contributed by atoms with Crippen LogP contribution in [0.4, 0.5) is 0 Å². The third-order valence-electron chi connectivity index (χ3n) is 5.72. The smallest absolute Gasteiger partial charge is 0.231 e. The van der Waals surface area contributed by atoms with Gasteiger partial charge in [0.25, 0.3) is 0 Å². The van der Waals surface area contributed by atoms with E-state index in [4.69, 9.17) is 9.47 Å². The molecule has 3 heterocycles. The summed E-state index contributed by atoms with van der Waals surface area (Å²) in [5, 5.41) is 0. The van der Waals surface area contributed by atoms with Crippen LogP contribution >= 0.6 is 0 Å². The van der Waals surface area contributed by atoms with Crippen LogP contribution in [0.25, 0.3) is 6.08 Å². The molecule has 0 bridgehead atoms. The number of rotatable bonds is 2. The molecule has 5 rings (SSSR count). The van der Waals surface area contributed by atoms with Gasteiger partial charge in [-0.2, -0.15) is 0 Å². The predicted molar refractivity (Wildman–Crippen MR) is 102 cm³/mol. The minimum Gasteiger partial charge on any atom is -0.478 e. The molecule has 5 nitrogen and oxygen atoms in total. The van der Waals surface area contributed by atoms with E-state index in [9.17, 15) is 4.79 Å². The molecule has 2 aromatic rings. The molecule has 0 radical (unpaired) electrons. The molecule has 1 fully saturated rings. The highest BCUT2D eigenvalue weighted by Crippen LogP contribution is 2.42. The van der Waals surface area contributed by atoms with Crippen LogP contribution in [0.1, 0.15) is 53.6 Å². The Kier molecular flexibility index (Phi) is 4.17. The molecule has 0 N–H and O–H groups in total. The summed E-state index contributed by atoms with van der Waals surface area (Å²) in [6, 6.07) is 8.03. The number of ketones is 1. The summed E-state index contributed by atoms with van der Waals surface area (Å²) in [5.74, 6) is 1.76. The normalized spacial score (nSPS) is 21.5. The monoisotopic (exact) mass is 362 g/mol. The summed E-state index contributed by atoms with van der Waals surface area (Å²) in [4.78, 5) is 19.3. The van der Waals surface area contributed by atoms with E-state index >= 15 is 0 Å². The molecule has 5 heteroatoms. The first-order valence-electron chi connectivity index (χ1n) is 9.66. The summed E-state index contributed by atoms with van der Waals surface area (Å²) in [6.07, 6.45) is 11.5. The van der Waals surface area contributed by atoms with Crippen molar-refractivity contribution in [3.05, 3.63) is 59.1 Å². The summed E-state index contributed by atoms with van der Waals surface area (Å²) < 4.78 is 12.0. The standard InChI is InChI=1S/C22H22N2O3/c25-21-17-8-9-19-18(13-24(14-26-19)16-6-2-1-3-7-16)22(17)27-20(21)11-15-5-4-10-23-12-15/h4-5,8-12,16H,1-3,6-7,13-14H2/b20-11+. The Morgan fingerprint density at radius 2 is 2.04 bits per heavy atom. The molecule has 2 aliphatic heterocycles. The van der Waals surface area contributed by atoms with Crippen molar-refractivity contribution in [1.82, 2.24) is 9.88 Å². The number of pyridine rings is 1. The zero-order valence-corrected chi connectivity index (χ0v) is 15.2. The summed E-state index contributed by atoms with van der Waals surface area (Å²) >= 11 is 0. The van der Waals surface area contributed by atoms with Crippen molar-refractivity contribution < 1.29 is 14.3 Å². The van der Waals surface area contributed by atoms with E-state index in [2.05, 4.69) is 9.88 Å². The third kappa shape index (κ3) is 3.02. The number of carbonyl (C=O) groups excluding carboxylic acids is 1. The number of hydrogen-bond acceptors (Lipinski definition) is 5. The van der Waals surface area contributed by atoms with Crippen LogP contribution in [-0.2, 0) is 6.54 Å². The fourth-order valence-corrected chi connectivity index (χ4v) is 4.27. The fourth-order valence-electron chi connectivity index (χ4n) is 4.27. The van der Waals surface area contributed by atoms with Crippen LogP contribution in [0.2, 0.25) is 0 Å². The predicted octanol–water partition coefficient (Wildman–Crippen LogP) is 4.18. The van der Waals surface area contributed by atoms with Crippen LogP contribution in [0.15, 0.2) is 42.4 Å². The minimum atomic E-state index is -0.0774. The second-order valence-electron chi connectivity index (χ2n) is 7.46. The zero-order chi connectivity index (χ0) is 18.2. The van der Waals surface area contributed by atoms with Gasteiger partial charge >= 0.3 is 0 Å². The summed E-state index contributed by atoms with van der Waals surface area (Å²) in [7, 11) is 0. The van der Waals surface area contributed by atoms with Crippen LogP contribution in [0.3, 0.4) is 0 Å². The van der Waals surface area contributed by atoms with Gasteiger partial charge in [0.1, 0.15) is 18.2 Å². The Labute approximate surface area is 158 Å². The van der Waals surface area contributed by atoms with Crippen LogP contribution in [0.5, 0.6) is 11.5 Å². The average Bonchev–Trinajstić information content (AvgIpc) is 3.05. The SMILES string of the molecule is O=C1/C(=C\c2cccnc2)Oc2c1ccc1c2CN(C2CCCCC2)CO1. The van der Waals surface area contributed by atoms with E-state index in [1.54, 1.807) is 18.5 Å². The quantitative estimate of drug-likeness (QED) is 0.750. The minimum absolute atomic E-state index is 0.0774.